The second-order valence-corrected chi connectivity index (χ2v) is 5.51. The van der Waals surface area contributed by atoms with Crippen LogP contribution in [0.15, 0.2) is 24.3 Å². The molecule has 1 aliphatic rings. The van der Waals surface area contributed by atoms with Crippen LogP contribution in [0.2, 0.25) is 0 Å². The van der Waals surface area contributed by atoms with E-state index in [2.05, 4.69) is 10.6 Å². The fourth-order valence-corrected chi connectivity index (χ4v) is 1.91. The van der Waals surface area contributed by atoms with Gasteiger partial charge in [-0.05, 0) is 38.9 Å². The maximum absolute atomic E-state index is 12.2. The fourth-order valence-electron chi connectivity index (χ4n) is 1.91. The molecule has 0 bridgehead atoms. The number of hydrogen-bond donors (Lipinski definition) is 3. The van der Waals surface area contributed by atoms with Crippen molar-refractivity contribution in [2.24, 2.45) is 0 Å². The summed E-state index contributed by atoms with van der Waals surface area (Å²) in [7, 11) is 1.76. The predicted octanol–water partition coefficient (Wildman–Crippen LogP) is 0.806. The summed E-state index contributed by atoms with van der Waals surface area (Å²) in [6.45, 7) is 1.97. The van der Waals surface area contributed by atoms with E-state index in [-0.39, 0.29) is 18.4 Å². The topological polar surface area (TPSA) is 87.5 Å². The normalized spacial score (nSPS) is 15.6. The number of likely N-dealkylation sites (N-methyl/N-ethyl adjacent to an activating group) is 1. The molecule has 1 fully saturated rings. The Morgan fingerprint density at radius 3 is 2.67 bits per heavy atom. The van der Waals surface area contributed by atoms with Gasteiger partial charge in [0, 0.05) is 6.04 Å². The van der Waals surface area contributed by atoms with Gasteiger partial charge in [0.15, 0.2) is 0 Å². The smallest absolute Gasteiger partial charge is 0.241 e. The van der Waals surface area contributed by atoms with Crippen LogP contribution in [0.25, 0.3) is 0 Å². The Labute approximate surface area is 124 Å². The highest BCUT2D eigenvalue weighted by Gasteiger charge is 2.25. The Morgan fingerprint density at radius 2 is 2.05 bits per heavy atom. The molecule has 0 spiro atoms. The minimum Gasteiger partial charge on any atom is -0.397 e. The van der Waals surface area contributed by atoms with Gasteiger partial charge in [-0.3, -0.25) is 14.5 Å². The number of para-hydroxylation sites is 2. The lowest BCUT2D eigenvalue weighted by molar-refractivity contribution is -0.124. The Bertz CT molecular complexity index is 528. The molecule has 2 amide bonds. The van der Waals surface area contributed by atoms with Crippen LogP contribution in [0, 0.1) is 0 Å². The number of amides is 2. The molecule has 6 heteroatoms. The van der Waals surface area contributed by atoms with Crippen molar-refractivity contribution in [1.29, 1.82) is 0 Å². The van der Waals surface area contributed by atoms with Crippen LogP contribution < -0.4 is 16.4 Å². The first-order valence-corrected chi connectivity index (χ1v) is 7.12. The Balaban J connectivity index is 1.85. The molecule has 114 valence electrons. The number of nitrogens with one attached hydrogen (secondary N) is 2. The summed E-state index contributed by atoms with van der Waals surface area (Å²) in [5.74, 6) is -0.228. The molecule has 4 N–H and O–H groups in total. The van der Waals surface area contributed by atoms with Gasteiger partial charge in [0.25, 0.3) is 0 Å². The lowest BCUT2D eigenvalue weighted by Crippen LogP contribution is -2.45. The van der Waals surface area contributed by atoms with Crippen LogP contribution in [0.3, 0.4) is 0 Å². The predicted molar refractivity (Wildman–Crippen MR) is 82.7 cm³/mol. The fraction of sp³-hybridized carbons (Fsp3) is 0.467. The lowest BCUT2D eigenvalue weighted by Gasteiger charge is -2.23. The molecule has 1 aromatic rings. The van der Waals surface area contributed by atoms with Crippen molar-refractivity contribution in [2.45, 2.75) is 31.8 Å². The van der Waals surface area contributed by atoms with Gasteiger partial charge in [-0.25, -0.2) is 0 Å². The number of nitrogen functional groups attached to an aromatic ring is 1. The Kier molecular flexibility index (Phi) is 4.80. The highest BCUT2D eigenvalue weighted by Crippen LogP contribution is 2.19. The van der Waals surface area contributed by atoms with Crippen molar-refractivity contribution >= 4 is 23.2 Å². The number of benzene rings is 1. The molecule has 0 saturated heterocycles. The number of nitrogens with zero attached hydrogens (tertiary/aromatic N) is 1. The molecule has 1 atom stereocenters. The Morgan fingerprint density at radius 1 is 1.38 bits per heavy atom. The molecule has 1 saturated carbocycles. The van der Waals surface area contributed by atoms with E-state index >= 15 is 0 Å². The van der Waals surface area contributed by atoms with Gasteiger partial charge in [-0.1, -0.05) is 12.1 Å². The van der Waals surface area contributed by atoms with Gasteiger partial charge in [-0.2, -0.15) is 0 Å². The van der Waals surface area contributed by atoms with E-state index in [1.54, 1.807) is 31.0 Å². The monoisotopic (exact) mass is 290 g/mol. The standard InChI is InChI=1S/C15H22N4O2/c1-10(19(2)9-14(20)17-11-7-8-11)15(21)18-13-6-4-3-5-12(13)16/h3-6,10-11H,7-9,16H2,1-2H3,(H,17,20)(H,18,21). The van der Waals surface area contributed by atoms with E-state index in [1.165, 1.54) is 0 Å². The summed E-state index contributed by atoms with van der Waals surface area (Å²) in [4.78, 5) is 25.6. The zero-order valence-electron chi connectivity index (χ0n) is 12.4. The van der Waals surface area contributed by atoms with E-state index in [9.17, 15) is 9.59 Å². The zero-order valence-corrected chi connectivity index (χ0v) is 12.4. The third kappa shape index (κ3) is 4.46. The van der Waals surface area contributed by atoms with E-state index in [4.69, 9.17) is 5.73 Å². The molecule has 1 aromatic carbocycles. The van der Waals surface area contributed by atoms with Gasteiger partial charge in [-0.15, -0.1) is 0 Å². The molecule has 0 aromatic heterocycles. The van der Waals surface area contributed by atoms with Gasteiger partial charge in [0.1, 0.15) is 0 Å². The second-order valence-electron chi connectivity index (χ2n) is 5.51. The molecule has 0 radical (unpaired) electrons. The van der Waals surface area contributed by atoms with Crippen LogP contribution in [-0.4, -0.2) is 42.4 Å². The number of carbonyl (C=O) groups is 2. The van der Waals surface area contributed by atoms with Gasteiger partial charge >= 0.3 is 0 Å². The van der Waals surface area contributed by atoms with Crippen LogP contribution in [0.4, 0.5) is 11.4 Å². The summed E-state index contributed by atoms with van der Waals surface area (Å²) in [5.41, 5.74) is 6.90. The second kappa shape index (κ2) is 6.58. The first kappa shape index (κ1) is 15.3. The number of anilines is 2. The van der Waals surface area contributed by atoms with Crippen molar-refractivity contribution in [3.05, 3.63) is 24.3 Å². The average Bonchev–Trinajstić information content (AvgIpc) is 3.24. The minimum absolute atomic E-state index is 0.0427. The molecule has 0 heterocycles. The van der Waals surface area contributed by atoms with Crippen LogP contribution in [-0.2, 0) is 9.59 Å². The third-order valence-electron chi connectivity index (χ3n) is 3.59. The lowest BCUT2D eigenvalue weighted by atomic mass is 10.2. The number of hydrogen-bond acceptors (Lipinski definition) is 4. The van der Waals surface area contributed by atoms with Crippen LogP contribution in [0.1, 0.15) is 19.8 Å². The third-order valence-corrected chi connectivity index (χ3v) is 3.59. The molecular formula is C15H22N4O2. The van der Waals surface area contributed by atoms with Crippen LogP contribution >= 0.6 is 0 Å². The Hall–Kier alpha value is -2.08. The van der Waals surface area contributed by atoms with E-state index < -0.39 is 6.04 Å². The van der Waals surface area contributed by atoms with Crippen molar-refractivity contribution in [3.8, 4) is 0 Å². The molecule has 0 aliphatic heterocycles. The molecule has 1 unspecified atom stereocenters. The van der Waals surface area contributed by atoms with E-state index in [0.29, 0.717) is 17.4 Å². The van der Waals surface area contributed by atoms with Gasteiger partial charge < -0.3 is 16.4 Å². The van der Waals surface area contributed by atoms with E-state index in [1.807, 2.05) is 12.1 Å². The molecule has 21 heavy (non-hydrogen) atoms. The summed E-state index contributed by atoms with van der Waals surface area (Å²) >= 11 is 0. The average molecular weight is 290 g/mol. The highest BCUT2D eigenvalue weighted by atomic mass is 16.2. The largest absolute Gasteiger partial charge is 0.397 e. The SMILES string of the molecule is CC(C(=O)Nc1ccccc1N)N(C)CC(=O)NC1CC1. The quantitative estimate of drug-likeness (QED) is 0.676. The highest BCUT2D eigenvalue weighted by molar-refractivity contribution is 5.97. The summed E-state index contributed by atoms with van der Waals surface area (Å²) in [6.07, 6.45) is 2.11. The van der Waals surface area contributed by atoms with Crippen LogP contribution in [0.5, 0.6) is 0 Å². The van der Waals surface area contributed by atoms with Crippen molar-refractivity contribution < 1.29 is 9.59 Å². The van der Waals surface area contributed by atoms with Crippen molar-refractivity contribution in [3.63, 3.8) is 0 Å². The van der Waals surface area contributed by atoms with Gasteiger partial charge in [0.05, 0.1) is 24.0 Å². The first-order chi connectivity index (χ1) is 9.97. The molecule has 2 rings (SSSR count). The molecule has 1 aliphatic carbocycles. The summed E-state index contributed by atoms with van der Waals surface area (Å²) < 4.78 is 0. The first-order valence-electron chi connectivity index (χ1n) is 7.12. The minimum atomic E-state index is -0.422. The molecular weight excluding hydrogens is 268 g/mol. The van der Waals surface area contributed by atoms with Crippen molar-refractivity contribution in [2.75, 3.05) is 24.6 Å². The summed E-state index contributed by atoms with van der Waals surface area (Å²) in [5, 5.41) is 5.68. The van der Waals surface area contributed by atoms with Gasteiger partial charge in [0.2, 0.25) is 11.8 Å². The van der Waals surface area contributed by atoms with E-state index in [0.717, 1.165) is 12.8 Å². The maximum Gasteiger partial charge on any atom is 0.241 e. The molecule has 6 nitrogen and oxygen atoms in total. The number of rotatable bonds is 6. The number of nitrogens with two attached hydrogens (primary N) is 1. The number of carbonyl (C=O) groups excluding carboxylic acids is 2. The zero-order chi connectivity index (χ0) is 15.4. The van der Waals surface area contributed by atoms with Crippen molar-refractivity contribution in [1.82, 2.24) is 10.2 Å². The maximum atomic E-state index is 12.2. The summed E-state index contributed by atoms with van der Waals surface area (Å²) in [6, 6.07) is 7.01.